The fraction of sp³-hybridized carbons (Fsp3) is 0.105. The van der Waals surface area contributed by atoms with Gasteiger partial charge in [0.1, 0.15) is 10.6 Å². The van der Waals surface area contributed by atoms with Crippen molar-refractivity contribution in [2.24, 2.45) is 0 Å². The van der Waals surface area contributed by atoms with Crippen molar-refractivity contribution in [2.75, 3.05) is 11.8 Å². The third kappa shape index (κ3) is 4.29. The molecule has 0 saturated carbocycles. The largest absolute Gasteiger partial charge is 0.497 e. The van der Waals surface area contributed by atoms with Crippen molar-refractivity contribution in [3.8, 4) is 5.75 Å². The Morgan fingerprint density at radius 1 is 1.11 bits per heavy atom. The van der Waals surface area contributed by atoms with Crippen LogP contribution in [0.1, 0.15) is 20.8 Å². The summed E-state index contributed by atoms with van der Waals surface area (Å²) in [4.78, 5) is 11.7. The first-order valence-corrected chi connectivity index (χ1v) is 10.3. The molecule has 0 unspecified atom stereocenters. The molecule has 6 nitrogen and oxygen atoms in total. The second kappa shape index (κ2) is 7.81. The molecular formula is C19H17NO5S2. The van der Waals surface area contributed by atoms with E-state index in [4.69, 9.17) is 4.74 Å². The molecule has 0 bridgehead atoms. The highest BCUT2D eigenvalue weighted by atomic mass is 32.2. The number of thiophene rings is 1. The van der Waals surface area contributed by atoms with Gasteiger partial charge in [0.25, 0.3) is 10.0 Å². The van der Waals surface area contributed by atoms with Crippen LogP contribution < -0.4 is 9.46 Å². The van der Waals surface area contributed by atoms with Gasteiger partial charge in [0.2, 0.25) is 0 Å². The topological polar surface area (TPSA) is 92.7 Å². The van der Waals surface area contributed by atoms with E-state index in [2.05, 4.69) is 4.72 Å². The summed E-state index contributed by atoms with van der Waals surface area (Å²) in [7, 11) is -2.36. The zero-order valence-corrected chi connectivity index (χ0v) is 16.0. The van der Waals surface area contributed by atoms with Crippen LogP contribution in [0, 0.1) is 0 Å². The number of carboxylic acid groups (broad SMARTS) is 1. The molecule has 0 aliphatic carbocycles. The van der Waals surface area contributed by atoms with Gasteiger partial charge in [-0.2, -0.15) is 0 Å². The van der Waals surface area contributed by atoms with Gasteiger partial charge in [0, 0.05) is 17.4 Å². The van der Waals surface area contributed by atoms with Gasteiger partial charge in [-0.25, -0.2) is 13.2 Å². The number of carboxylic acids is 1. The molecule has 0 aliphatic rings. The molecular weight excluding hydrogens is 386 g/mol. The Labute approximate surface area is 161 Å². The van der Waals surface area contributed by atoms with E-state index in [1.165, 1.54) is 24.6 Å². The van der Waals surface area contributed by atoms with Crippen molar-refractivity contribution < 1.29 is 23.1 Å². The van der Waals surface area contributed by atoms with Crippen LogP contribution >= 0.6 is 11.3 Å². The molecule has 0 saturated heterocycles. The van der Waals surface area contributed by atoms with E-state index in [0.717, 1.165) is 16.9 Å². The number of sulfonamides is 1. The average molecular weight is 403 g/mol. The molecule has 8 heteroatoms. The lowest BCUT2D eigenvalue weighted by Crippen LogP contribution is -2.14. The zero-order chi connectivity index (χ0) is 19.4. The van der Waals surface area contributed by atoms with Gasteiger partial charge in [0.05, 0.1) is 17.7 Å². The SMILES string of the molecule is COc1ccc(S(=O)(=O)Nc2csc(C(=O)O)c2Cc2ccccc2)cc1. The maximum atomic E-state index is 12.7. The summed E-state index contributed by atoms with van der Waals surface area (Å²) >= 11 is 0.999. The number of hydrogen-bond donors (Lipinski definition) is 2. The molecule has 0 amide bonds. The Bertz CT molecular complexity index is 1040. The summed E-state index contributed by atoms with van der Waals surface area (Å²) in [5.41, 5.74) is 1.61. The van der Waals surface area contributed by atoms with Gasteiger partial charge < -0.3 is 9.84 Å². The normalized spacial score (nSPS) is 11.1. The molecule has 1 heterocycles. The van der Waals surface area contributed by atoms with E-state index in [0.29, 0.717) is 17.7 Å². The minimum atomic E-state index is -3.86. The molecule has 1 aromatic heterocycles. The summed E-state index contributed by atoms with van der Waals surface area (Å²) in [6.45, 7) is 0. The Morgan fingerprint density at radius 2 is 1.78 bits per heavy atom. The Kier molecular flexibility index (Phi) is 5.48. The standard InChI is InChI=1S/C19H17NO5S2/c1-25-14-7-9-15(10-8-14)27(23,24)20-17-12-26-18(19(21)22)16(17)11-13-5-3-2-4-6-13/h2-10,12,20H,11H2,1H3,(H,21,22). The second-order valence-corrected chi connectivity index (χ2v) is 8.27. The highest BCUT2D eigenvalue weighted by molar-refractivity contribution is 7.92. The van der Waals surface area contributed by atoms with Gasteiger partial charge in [-0.05, 0) is 29.8 Å². The number of anilines is 1. The second-order valence-electron chi connectivity index (χ2n) is 5.71. The molecule has 27 heavy (non-hydrogen) atoms. The molecule has 2 aromatic carbocycles. The van der Waals surface area contributed by atoms with E-state index >= 15 is 0 Å². The van der Waals surface area contributed by atoms with E-state index in [-0.39, 0.29) is 15.5 Å². The lowest BCUT2D eigenvalue weighted by atomic mass is 10.0. The minimum absolute atomic E-state index is 0.0667. The first kappa shape index (κ1) is 18.9. The zero-order valence-electron chi connectivity index (χ0n) is 14.4. The van der Waals surface area contributed by atoms with Crippen LogP contribution in [0.15, 0.2) is 64.9 Å². The lowest BCUT2D eigenvalue weighted by molar-refractivity contribution is 0.0701. The Morgan fingerprint density at radius 3 is 2.37 bits per heavy atom. The highest BCUT2D eigenvalue weighted by Crippen LogP contribution is 2.31. The predicted octanol–water partition coefficient (Wildman–Crippen LogP) is 3.85. The van der Waals surface area contributed by atoms with Gasteiger partial charge in [-0.15, -0.1) is 11.3 Å². The maximum absolute atomic E-state index is 12.7. The molecule has 140 valence electrons. The molecule has 0 atom stereocenters. The summed E-state index contributed by atoms with van der Waals surface area (Å²) in [5.74, 6) is -0.539. The van der Waals surface area contributed by atoms with Crippen molar-refractivity contribution in [3.05, 3.63) is 76.0 Å². The number of benzene rings is 2. The first-order valence-electron chi connectivity index (χ1n) is 7.95. The van der Waals surface area contributed by atoms with Crippen molar-refractivity contribution >= 4 is 33.0 Å². The smallest absolute Gasteiger partial charge is 0.346 e. The monoisotopic (exact) mass is 403 g/mol. The van der Waals surface area contributed by atoms with E-state index in [1.807, 2.05) is 30.3 Å². The maximum Gasteiger partial charge on any atom is 0.346 e. The summed E-state index contributed by atoms with van der Waals surface area (Å²) < 4.78 is 32.9. The fourth-order valence-electron chi connectivity index (χ4n) is 2.58. The lowest BCUT2D eigenvalue weighted by Gasteiger charge is -2.11. The molecule has 3 rings (SSSR count). The van der Waals surface area contributed by atoms with Crippen molar-refractivity contribution in [1.82, 2.24) is 0 Å². The number of carbonyl (C=O) groups is 1. The van der Waals surface area contributed by atoms with Crippen LogP contribution in [0.3, 0.4) is 0 Å². The van der Waals surface area contributed by atoms with E-state index in [9.17, 15) is 18.3 Å². The Balaban J connectivity index is 1.95. The number of methoxy groups -OCH3 is 1. The summed E-state index contributed by atoms with van der Waals surface area (Å²) in [5, 5.41) is 11.0. The molecule has 0 radical (unpaired) electrons. The van der Waals surface area contributed by atoms with Gasteiger partial charge in [-0.1, -0.05) is 30.3 Å². The first-order chi connectivity index (χ1) is 12.9. The van der Waals surface area contributed by atoms with Gasteiger partial charge >= 0.3 is 5.97 Å². The number of hydrogen-bond acceptors (Lipinski definition) is 5. The number of ether oxygens (including phenoxy) is 1. The molecule has 0 aliphatic heterocycles. The molecule has 0 fully saturated rings. The van der Waals surface area contributed by atoms with Crippen LogP contribution in [0.5, 0.6) is 5.75 Å². The quantitative estimate of drug-likeness (QED) is 0.625. The number of aromatic carboxylic acids is 1. The van der Waals surface area contributed by atoms with E-state index < -0.39 is 16.0 Å². The molecule has 0 spiro atoms. The third-order valence-electron chi connectivity index (χ3n) is 3.93. The third-order valence-corrected chi connectivity index (χ3v) is 6.32. The Hall–Kier alpha value is -2.84. The van der Waals surface area contributed by atoms with Crippen molar-refractivity contribution in [2.45, 2.75) is 11.3 Å². The van der Waals surface area contributed by atoms with Crippen molar-refractivity contribution in [1.29, 1.82) is 0 Å². The fourth-order valence-corrected chi connectivity index (χ4v) is 4.60. The molecule has 3 aromatic rings. The van der Waals surface area contributed by atoms with E-state index in [1.54, 1.807) is 12.1 Å². The van der Waals surface area contributed by atoms with Gasteiger partial charge in [0.15, 0.2) is 0 Å². The van der Waals surface area contributed by atoms with Crippen molar-refractivity contribution in [3.63, 3.8) is 0 Å². The molecule has 2 N–H and O–H groups in total. The summed E-state index contributed by atoms with van der Waals surface area (Å²) in [6.07, 6.45) is 0.312. The van der Waals surface area contributed by atoms with Crippen LogP contribution in [0.25, 0.3) is 0 Å². The van der Waals surface area contributed by atoms with Crippen LogP contribution in [-0.2, 0) is 16.4 Å². The van der Waals surface area contributed by atoms with Crippen LogP contribution in [0.2, 0.25) is 0 Å². The summed E-state index contributed by atoms with van der Waals surface area (Å²) in [6, 6.07) is 15.3. The van der Waals surface area contributed by atoms with Crippen LogP contribution in [0.4, 0.5) is 5.69 Å². The van der Waals surface area contributed by atoms with Crippen LogP contribution in [-0.4, -0.2) is 26.6 Å². The van der Waals surface area contributed by atoms with Gasteiger partial charge in [-0.3, -0.25) is 4.72 Å². The number of nitrogens with one attached hydrogen (secondary N) is 1. The number of rotatable bonds is 7. The minimum Gasteiger partial charge on any atom is -0.497 e. The predicted molar refractivity (Wildman–Crippen MR) is 104 cm³/mol. The highest BCUT2D eigenvalue weighted by Gasteiger charge is 2.22. The average Bonchev–Trinajstić information content (AvgIpc) is 3.04.